The lowest BCUT2D eigenvalue weighted by Crippen LogP contribution is -2.14. The largest absolute Gasteiger partial charge is 0.468 e. The van der Waals surface area contributed by atoms with Gasteiger partial charge in [0.15, 0.2) is 0 Å². The van der Waals surface area contributed by atoms with E-state index >= 15 is 0 Å². The summed E-state index contributed by atoms with van der Waals surface area (Å²) in [7, 11) is 1.42. The Bertz CT molecular complexity index is 336. The fraction of sp³-hybridized carbons (Fsp3) is 0.417. The van der Waals surface area contributed by atoms with Crippen LogP contribution in [0.5, 0.6) is 0 Å². The van der Waals surface area contributed by atoms with E-state index in [1.165, 1.54) is 18.2 Å². The quantitative estimate of drug-likeness (QED) is 0.736. The molecule has 0 saturated heterocycles. The molecule has 15 heavy (non-hydrogen) atoms. The van der Waals surface area contributed by atoms with Crippen molar-refractivity contribution in [2.45, 2.75) is 24.9 Å². The smallest absolute Gasteiger partial charge is 0.318 e. The van der Waals surface area contributed by atoms with Gasteiger partial charge < -0.3 is 4.74 Å². The molecule has 1 aromatic carbocycles. The van der Waals surface area contributed by atoms with Gasteiger partial charge in [0, 0.05) is 5.75 Å². The van der Waals surface area contributed by atoms with Gasteiger partial charge in [-0.25, -0.2) is 0 Å². The summed E-state index contributed by atoms with van der Waals surface area (Å²) in [5.41, 5.74) is 2.54. The molecule has 0 aromatic heterocycles. The number of carbonyl (C=O) groups is 1. The minimum Gasteiger partial charge on any atom is -0.468 e. The van der Waals surface area contributed by atoms with E-state index < -0.39 is 0 Å². The molecule has 0 aliphatic rings. The molecule has 1 atom stereocenters. The second-order valence-electron chi connectivity index (χ2n) is 3.40. The van der Waals surface area contributed by atoms with Crippen LogP contribution in [0.15, 0.2) is 24.3 Å². The molecular weight excluding hydrogens is 208 g/mol. The molecular formula is C12H16O2S. The number of ether oxygens (including phenoxy) is 1. The van der Waals surface area contributed by atoms with E-state index in [-0.39, 0.29) is 11.2 Å². The minimum absolute atomic E-state index is 0.102. The van der Waals surface area contributed by atoms with Crippen molar-refractivity contribution < 1.29 is 9.53 Å². The van der Waals surface area contributed by atoms with E-state index in [0.717, 1.165) is 5.75 Å². The van der Waals surface area contributed by atoms with E-state index in [1.807, 2.05) is 19.1 Å². The number of carbonyl (C=O) groups excluding carboxylic acids is 1. The SMILES string of the molecule is COC(=O)C(C)SCc1ccccc1C. The molecule has 0 aliphatic carbocycles. The van der Waals surface area contributed by atoms with Crippen LogP contribution in [0.25, 0.3) is 0 Å². The van der Waals surface area contributed by atoms with Crippen LogP contribution in [-0.2, 0) is 15.3 Å². The predicted molar refractivity (Wildman–Crippen MR) is 64.0 cm³/mol. The number of hydrogen-bond acceptors (Lipinski definition) is 3. The zero-order chi connectivity index (χ0) is 11.3. The lowest BCUT2D eigenvalue weighted by Gasteiger charge is -2.10. The van der Waals surface area contributed by atoms with Crippen molar-refractivity contribution in [3.63, 3.8) is 0 Å². The first-order valence-electron chi connectivity index (χ1n) is 4.89. The van der Waals surface area contributed by atoms with E-state index in [1.54, 1.807) is 11.8 Å². The van der Waals surface area contributed by atoms with E-state index in [0.29, 0.717) is 0 Å². The van der Waals surface area contributed by atoms with Gasteiger partial charge in [-0.05, 0) is 25.0 Å². The molecule has 0 fully saturated rings. The second kappa shape index (κ2) is 5.81. The maximum atomic E-state index is 11.2. The topological polar surface area (TPSA) is 26.3 Å². The minimum atomic E-state index is -0.159. The van der Waals surface area contributed by atoms with Crippen molar-refractivity contribution in [3.8, 4) is 0 Å². The first kappa shape index (κ1) is 12.1. The van der Waals surface area contributed by atoms with Crippen LogP contribution in [-0.4, -0.2) is 18.3 Å². The average molecular weight is 224 g/mol. The maximum absolute atomic E-state index is 11.2. The van der Waals surface area contributed by atoms with Gasteiger partial charge in [-0.15, -0.1) is 11.8 Å². The monoisotopic (exact) mass is 224 g/mol. The van der Waals surface area contributed by atoms with Crippen molar-refractivity contribution in [2.75, 3.05) is 7.11 Å². The zero-order valence-electron chi connectivity index (χ0n) is 9.32. The fourth-order valence-electron chi connectivity index (χ4n) is 1.22. The molecule has 0 saturated carbocycles. The third-order valence-corrected chi connectivity index (χ3v) is 3.45. The van der Waals surface area contributed by atoms with Crippen molar-refractivity contribution in [3.05, 3.63) is 35.4 Å². The molecule has 3 heteroatoms. The number of rotatable bonds is 4. The zero-order valence-corrected chi connectivity index (χ0v) is 10.1. The van der Waals surface area contributed by atoms with Crippen molar-refractivity contribution in [1.29, 1.82) is 0 Å². The highest BCUT2D eigenvalue weighted by molar-refractivity contribution is 7.99. The van der Waals surface area contributed by atoms with Gasteiger partial charge in [-0.2, -0.15) is 0 Å². The lowest BCUT2D eigenvalue weighted by atomic mass is 10.1. The van der Waals surface area contributed by atoms with Crippen LogP contribution in [0.4, 0.5) is 0 Å². The summed E-state index contributed by atoms with van der Waals surface area (Å²) < 4.78 is 4.67. The summed E-state index contributed by atoms with van der Waals surface area (Å²) >= 11 is 1.60. The van der Waals surface area contributed by atoms with Crippen molar-refractivity contribution in [2.24, 2.45) is 0 Å². The number of benzene rings is 1. The number of aryl methyl sites for hydroxylation is 1. The molecule has 0 aliphatic heterocycles. The first-order valence-corrected chi connectivity index (χ1v) is 5.94. The molecule has 0 heterocycles. The van der Waals surface area contributed by atoms with Gasteiger partial charge in [-0.1, -0.05) is 24.3 Å². The van der Waals surface area contributed by atoms with Crippen LogP contribution >= 0.6 is 11.8 Å². The highest BCUT2D eigenvalue weighted by atomic mass is 32.2. The third-order valence-electron chi connectivity index (χ3n) is 2.28. The molecule has 2 nitrogen and oxygen atoms in total. The molecule has 82 valence electrons. The van der Waals surface area contributed by atoms with Crippen LogP contribution in [0, 0.1) is 6.92 Å². The number of hydrogen-bond donors (Lipinski definition) is 0. The highest BCUT2D eigenvalue weighted by Gasteiger charge is 2.13. The van der Waals surface area contributed by atoms with Crippen LogP contribution in [0.3, 0.4) is 0 Å². The number of esters is 1. The van der Waals surface area contributed by atoms with E-state index in [4.69, 9.17) is 0 Å². The molecule has 1 rings (SSSR count). The van der Waals surface area contributed by atoms with Gasteiger partial charge in [0.2, 0.25) is 0 Å². The summed E-state index contributed by atoms with van der Waals surface area (Å²) in [6, 6.07) is 8.21. The lowest BCUT2D eigenvalue weighted by molar-refractivity contribution is -0.139. The van der Waals surface area contributed by atoms with Gasteiger partial charge in [-0.3, -0.25) is 4.79 Å². The molecule has 0 N–H and O–H groups in total. The second-order valence-corrected chi connectivity index (χ2v) is 4.73. The van der Waals surface area contributed by atoms with Gasteiger partial charge in [0.1, 0.15) is 0 Å². The van der Waals surface area contributed by atoms with Crippen molar-refractivity contribution in [1.82, 2.24) is 0 Å². The molecule has 0 radical (unpaired) electrons. The van der Waals surface area contributed by atoms with Crippen molar-refractivity contribution >= 4 is 17.7 Å². The first-order chi connectivity index (χ1) is 7.15. The maximum Gasteiger partial charge on any atom is 0.318 e. The van der Waals surface area contributed by atoms with Gasteiger partial charge in [0.05, 0.1) is 12.4 Å². The average Bonchev–Trinajstić information content (AvgIpc) is 2.26. The summed E-state index contributed by atoms with van der Waals surface area (Å²) in [6.07, 6.45) is 0. The Labute approximate surface area is 95.0 Å². The number of methoxy groups -OCH3 is 1. The molecule has 1 aromatic rings. The standard InChI is InChI=1S/C12H16O2S/c1-9-6-4-5-7-11(9)8-15-10(2)12(13)14-3/h4-7,10H,8H2,1-3H3. The Morgan fingerprint density at radius 2 is 2.13 bits per heavy atom. The van der Waals surface area contributed by atoms with Gasteiger partial charge in [0.25, 0.3) is 0 Å². The Balaban J connectivity index is 2.50. The Hall–Kier alpha value is -0.960. The predicted octanol–water partition coefficient (Wildman–Crippen LogP) is 2.79. The van der Waals surface area contributed by atoms with E-state index in [2.05, 4.69) is 23.8 Å². The normalized spacial score (nSPS) is 12.2. The third kappa shape index (κ3) is 3.59. The summed E-state index contributed by atoms with van der Waals surface area (Å²) in [5, 5.41) is -0.102. The number of thioether (sulfide) groups is 1. The molecule has 0 bridgehead atoms. The fourth-order valence-corrected chi connectivity index (χ4v) is 2.21. The van der Waals surface area contributed by atoms with Crippen LogP contribution < -0.4 is 0 Å². The van der Waals surface area contributed by atoms with E-state index in [9.17, 15) is 4.79 Å². The molecule has 1 unspecified atom stereocenters. The van der Waals surface area contributed by atoms with Crippen LogP contribution in [0.1, 0.15) is 18.1 Å². The Morgan fingerprint density at radius 3 is 2.73 bits per heavy atom. The van der Waals surface area contributed by atoms with Crippen LogP contribution in [0.2, 0.25) is 0 Å². The summed E-state index contributed by atoms with van der Waals surface area (Å²) in [6.45, 7) is 3.95. The molecule has 0 amide bonds. The Kier molecular flexibility index (Phi) is 4.69. The summed E-state index contributed by atoms with van der Waals surface area (Å²) in [4.78, 5) is 11.2. The van der Waals surface area contributed by atoms with Gasteiger partial charge >= 0.3 is 5.97 Å². The highest BCUT2D eigenvalue weighted by Crippen LogP contribution is 2.20. The summed E-state index contributed by atoms with van der Waals surface area (Å²) in [5.74, 6) is 0.691. The Morgan fingerprint density at radius 1 is 1.47 bits per heavy atom. The molecule has 0 spiro atoms.